The molecule has 1 heterocycles. The van der Waals surface area contributed by atoms with Crippen LogP contribution in [-0.2, 0) is 4.79 Å². The Morgan fingerprint density at radius 1 is 1.22 bits per heavy atom. The molecule has 0 spiro atoms. The smallest absolute Gasteiger partial charge is 0.248 e. The summed E-state index contributed by atoms with van der Waals surface area (Å²) in [5.74, 6) is 5.88. The minimum absolute atomic E-state index is 0.00866. The van der Waals surface area contributed by atoms with Crippen LogP contribution >= 0.6 is 0 Å². The number of hydrogen-bond acceptors (Lipinski definition) is 2. The average Bonchev–Trinajstić information content (AvgIpc) is 2.51. The van der Waals surface area contributed by atoms with Crippen LogP contribution < -0.4 is 5.84 Å². The molecule has 1 aromatic rings. The van der Waals surface area contributed by atoms with Gasteiger partial charge in [0.05, 0.1) is 5.92 Å². The van der Waals surface area contributed by atoms with Crippen molar-refractivity contribution in [1.29, 1.82) is 0 Å². The predicted molar refractivity (Wildman–Crippen MR) is 71.3 cm³/mol. The van der Waals surface area contributed by atoms with Crippen molar-refractivity contribution < 1.29 is 4.79 Å². The second-order valence-corrected chi connectivity index (χ2v) is 5.15. The summed E-state index contributed by atoms with van der Waals surface area (Å²) < 4.78 is 0. The summed E-state index contributed by atoms with van der Waals surface area (Å²) in [7, 11) is 0. The van der Waals surface area contributed by atoms with Gasteiger partial charge in [-0.1, -0.05) is 24.3 Å². The van der Waals surface area contributed by atoms with E-state index in [2.05, 4.69) is 12.1 Å². The minimum Gasteiger partial charge on any atom is -0.272 e. The predicted octanol–water partition coefficient (Wildman–Crippen LogP) is 2.79. The second kappa shape index (κ2) is 4.25. The van der Waals surface area contributed by atoms with E-state index in [4.69, 9.17) is 5.84 Å². The fourth-order valence-corrected chi connectivity index (χ4v) is 3.07. The van der Waals surface area contributed by atoms with Gasteiger partial charge in [-0.3, -0.25) is 9.80 Å². The summed E-state index contributed by atoms with van der Waals surface area (Å²) in [6.45, 7) is 1.94. The lowest BCUT2D eigenvalue weighted by atomic mass is 9.87. The maximum Gasteiger partial charge on any atom is 0.248 e. The second-order valence-electron chi connectivity index (χ2n) is 5.15. The third-order valence-corrected chi connectivity index (χ3v) is 4.09. The molecule has 1 aromatic carbocycles. The molecule has 3 heteroatoms. The number of nitrogens with two attached hydrogens (primary N) is 1. The van der Waals surface area contributed by atoms with E-state index in [1.807, 2.05) is 19.1 Å². The Kier molecular flexibility index (Phi) is 2.71. The van der Waals surface area contributed by atoms with Gasteiger partial charge in [-0.15, -0.1) is 0 Å². The van der Waals surface area contributed by atoms with E-state index in [0.717, 1.165) is 30.5 Å². The first-order chi connectivity index (χ1) is 8.70. The molecule has 18 heavy (non-hydrogen) atoms. The lowest BCUT2D eigenvalue weighted by molar-refractivity contribution is -0.130. The normalized spacial score (nSPS) is 23.6. The molecule has 0 bridgehead atoms. The van der Waals surface area contributed by atoms with Crippen LogP contribution in [0.4, 0.5) is 0 Å². The molecule has 3 nitrogen and oxygen atoms in total. The van der Waals surface area contributed by atoms with Crippen molar-refractivity contribution in [2.45, 2.75) is 38.5 Å². The number of carbonyl (C=O) groups is 1. The zero-order valence-corrected chi connectivity index (χ0v) is 10.6. The van der Waals surface area contributed by atoms with Gasteiger partial charge in [0.25, 0.3) is 0 Å². The van der Waals surface area contributed by atoms with Crippen molar-refractivity contribution in [3.05, 3.63) is 41.1 Å². The highest BCUT2D eigenvalue weighted by atomic mass is 16.2. The molecule has 0 aromatic heterocycles. The molecule has 0 saturated heterocycles. The number of rotatable bonds is 0. The summed E-state index contributed by atoms with van der Waals surface area (Å²) in [6, 6.07) is 8.22. The molecule has 3 rings (SSSR count). The monoisotopic (exact) mass is 242 g/mol. The SMILES string of the molecule is CC1C(=O)N(N)C2=C(CCCC2)c2ccccc21. The van der Waals surface area contributed by atoms with Crippen molar-refractivity contribution in [2.75, 3.05) is 0 Å². The van der Waals surface area contributed by atoms with Crippen LogP contribution in [-0.4, -0.2) is 10.9 Å². The zero-order chi connectivity index (χ0) is 12.7. The Hall–Kier alpha value is -1.61. The van der Waals surface area contributed by atoms with Crippen molar-refractivity contribution in [2.24, 2.45) is 5.84 Å². The van der Waals surface area contributed by atoms with Gasteiger partial charge in [0.15, 0.2) is 0 Å². The Morgan fingerprint density at radius 2 is 1.94 bits per heavy atom. The minimum atomic E-state index is -0.156. The first-order valence-electron chi connectivity index (χ1n) is 6.60. The first-order valence-corrected chi connectivity index (χ1v) is 6.60. The molecular formula is C15H18N2O. The highest BCUT2D eigenvalue weighted by Crippen LogP contribution is 2.40. The first kappa shape index (κ1) is 11.5. The average molecular weight is 242 g/mol. The molecule has 1 aliphatic heterocycles. The standard InChI is InChI=1S/C15H18N2O/c1-10-11-6-2-3-7-12(11)13-8-4-5-9-14(13)17(16)15(10)18/h2-3,6-7,10H,4-5,8-9,16H2,1H3. The highest BCUT2D eigenvalue weighted by Gasteiger charge is 2.32. The molecule has 94 valence electrons. The van der Waals surface area contributed by atoms with Crippen LogP contribution in [0.5, 0.6) is 0 Å². The molecule has 2 aliphatic rings. The van der Waals surface area contributed by atoms with Gasteiger partial charge in [0, 0.05) is 5.70 Å². The molecule has 1 amide bonds. The fraction of sp³-hybridized carbons (Fsp3) is 0.400. The number of amides is 1. The number of nitrogens with zero attached hydrogens (tertiary/aromatic N) is 1. The zero-order valence-electron chi connectivity index (χ0n) is 10.6. The van der Waals surface area contributed by atoms with Crippen molar-refractivity contribution >= 4 is 11.5 Å². The van der Waals surface area contributed by atoms with Crippen molar-refractivity contribution in [3.8, 4) is 0 Å². The summed E-state index contributed by atoms with van der Waals surface area (Å²) in [6.07, 6.45) is 4.25. The van der Waals surface area contributed by atoms with E-state index in [1.165, 1.54) is 22.6 Å². The molecule has 1 unspecified atom stereocenters. The molecule has 0 fully saturated rings. The third-order valence-electron chi connectivity index (χ3n) is 4.09. The molecule has 1 atom stereocenters. The number of carbonyl (C=O) groups excluding carboxylic acids is 1. The maximum atomic E-state index is 12.3. The van der Waals surface area contributed by atoms with Crippen LogP contribution in [0, 0.1) is 0 Å². The summed E-state index contributed by atoms with van der Waals surface area (Å²) in [5.41, 5.74) is 4.64. The summed E-state index contributed by atoms with van der Waals surface area (Å²) in [4.78, 5) is 12.3. The molecule has 0 saturated carbocycles. The topological polar surface area (TPSA) is 46.3 Å². The highest BCUT2D eigenvalue weighted by molar-refractivity contribution is 5.91. The third kappa shape index (κ3) is 1.58. The van der Waals surface area contributed by atoms with Gasteiger partial charge in [-0.05, 0) is 49.3 Å². The van der Waals surface area contributed by atoms with Gasteiger partial charge >= 0.3 is 0 Å². The van der Waals surface area contributed by atoms with Crippen LogP contribution in [0.1, 0.15) is 49.7 Å². The Balaban J connectivity index is 2.25. The van der Waals surface area contributed by atoms with Gasteiger partial charge in [0.1, 0.15) is 0 Å². The van der Waals surface area contributed by atoms with Crippen LogP contribution in [0.2, 0.25) is 0 Å². The summed E-state index contributed by atoms with van der Waals surface area (Å²) in [5, 5.41) is 1.40. The van der Waals surface area contributed by atoms with Gasteiger partial charge in [-0.25, -0.2) is 5.84 Å². The van der Waals surface area contributed by atoms with E-state index in [-0.39, 0.29) is 11.8 Å². The van der Waals surface area contributed by atoms with E-state index >= 15 is 0 Å². The number of fused-ring (bicyclic) bond motifs is 2. The van der Waals surface area contributed by atoms with Gasteiger partial charge < -0.3 is 0 Å². The van der Waals surface area contributed by atoms with Crippen LogP contribution in [0.25, 0.3) is 5.57 Å². The van der Waals surface area contributed by atoms with Gasteiger partial charge in [-0.2, -0.15) is 0 Å². The van der Waals surface area contributed by atoms with Gasteiger partial charge in [0.2, 0.25) is 5.91 Å². The number of benzene rings is 1. The molecule has 0 radical (unpaired) electrons. The molecule has 2 N–H and O–H groups in total. The van der Waals surface area contributed by atoms with Crippen LogP contribution in [0.15, 0.2) is 30.0 Å². The largest absolute Gasteiger partial charge is 0.272 e. The van der Waals surface area contributed by atoms with E-state index in [0.29, 0.717) is 0 Å². The Bertz CT molecular complexity index is 533. The molecular weight excluding hydrogens is 224 g/mol. The molecule has 1 aliphatic carbocycles. The lowest BCUT2D eigenvalue weighted by Gasteiger charge is -2.25. The summed E-state index contributed by atoms with van der Waals surface area (Å²) >= 11 is 0. The quantitative estimate of drug-likeness (QED) is 0.561. The maximum absolute atomic E-state index is 12.3. The van der Waals surface area contributed by atoms with E-state index < -0.39 is 0 Å². The number of hydrogen-bond donors (Lipinski definition) is 1. The Morgan fingerprint density at radius 3 is 2.78 bits per heavy atom. The van der Waals surface area contributed by atoms with Crippen molar-refractivity contribution in [3.63, 3.8) is 0 Å². The lowest BCUT2D eigenvalue weighted by Crippen LogP contribution is -2.39. The fourth-order valence-electron chi connectivity index (χ4n) is 3.07. The number of allylic oxidation sites excluding steroid dienone is 2. The van der Waals surface area contributed by atoms with E-state index in [1.54, 1.807) is 0 Å². The Labute approximate surface area is 107 Å². The van der Waals surface area contributed by atoms with E-state index in [9.17, 15) is 4.79 Å². The van der Waals surface area contributed by atoms with Crippen LogP contribution in [0.3, 0.4) is 0 Å². The van der Waals surface area contributed by atoms with Crippen molar-refractivity contribution in [1.82, 2.24) is 5.01 Å². The number of hydrazine groups is 1.